The number of hydrogen-bond donors (Lipinski definition) is 1. The molecule has 0 spiro atoms. The molecular weight excluding hydrogens is 504 g/mol. The van der Waals surface area contributed by atoms with Gasteiger partial charge in [0.2, 0.25) is 0 Å². The summed E-state index contributed by atoms with van der Waals surface area (Å²) in [6, 6.07) is 16.6. The maximum absolute atomic E-state index is 13.5. The van der Waals surface area contributed by atoms with E-state index in [4.69, 9.17) is 4.74 Å². The zero-order chi connectivity index (χ0) is 24.6. The number of carbonyl (C=O) groups is 2. The molecule has 0 aliphatic carbocycles. The fraction of sp³-hybridized carbons (Fsp3) is 0.200. The van der Waals surface area contributed by atoms with Gasteiger partial charge in [-0.2, -0.15) is 0 Å². The maximum Gasteiger partial charge on any atom is 0.311 e. The Morgan fingerprint density at radius 2 is 1.85 bits per heavy atom. The molecule has 0 aromatic heterocycles. The van der Waals surface area contributed by atoms with Gasteiger partial charge < -0.3 is 14.7 Å². The molecule has 1 amide bonds. The van der Waals surface area contributed by atoms with Crippen LogP contribution in [-0.2, 0) is 16.9 Å². The van der Waals surface area contributed by atoms with Gasteiger partial charge in [-0.3, -0.25) is 19.7 Å². The Hall–Kier alpha value is -3.56. The van der Waals surface area contributed by atoms with E-state index in [1.807, 2.05) is 31.2 Å². The van der Waals surface area contributed by atoms with Crippen molar-refractivity contribution in [2.45, 2.75) is 25.5 Å². The van der Waals surface area contributed by atoms with E-state index in [1.54, 1.807) is 18.2 Å². The predicted octanol–water partition coefficient (Wildman–Crippen LogP) is 4.68. The van der Waals surface area contributed by atoms with Gasteiger partial charge in [0, 0.05) is 21.7 Å². The van der Waals surface area contributed by atoms with Crippen LogP contribution in [0.4, 0.5) is 11.4 Å². The summed E-state index contributed by atoms with van der Waals surface area (Å²) in [5, 5.41) is 22.9. The average Bonchev–Trinajstić information content (AvgIpc) is 3.01. The van der Waals surface area contributed by atoms with Crippen LogP contribution in [0.1, 0.15) is 33.5 Å². The van der Waals surface area contributed by atoms with E-state index >= 15 is 0 Å². The fourth-order valence-electron chi connectivity index (χ4n) is 4.07. The molecule has 9 heteroatoms. The van der Waals surface area contributed by atoms with Crippen molar-refractivity contribution in [3.8, 4) is 5.75 Å². The first-order valence-corrected chi connectivity index (χ1v) is 11.2. The lowest BCUT2D eigenvalue weighted by Gasteiger charge is -2.23. The number of ketones is 1. The number of aryl methyl sites for hydroxylation is 1. The van der Waals surface area contributed by atoms with Gasteiger partial charge in [-0.1, -0.05) is 45.8 Å². The van der Waals surface area contributed by atoms with Gasteiger partial charge in [0.05, 0.1) is 30.7 Å². The van der Waals surface area contributed by atoms with E-state index in [0.717, 1.165) is 17.2 Å². The van der Waals surface area contributed by atoms with E-state index in [9.17, 15) is 24.8 Å². The number of nitrogens with zero attached hydrogens (tertiary/aromatic N) is 2. The van der Waals surface area contributed by atoms with E-state index in [2.05, 4.69) is 15.9 Å². The minimum absolute atomic E-state index is 0.00209. The van der Waals surface area contributed by atoms with Crippen molar-refractivity contribution in [2.24, 2.45) is 0 Å². The van der Waals surface area contributed by atoms with Gasteiger partial charge in [-0.05, 0) is 42.8 Å². The van der Waals surface area contributed by atoms with E-state index < -0.39 is 28.6 Å². The van der Waals surface area contributed by atoms with Crippen molar-refractivity contribution in [1.29, 1.82) is 0 Å². The Morgan fingerprint density at radius 1 is 1.15 bits per heavy atom. The first-order valence-electron chi connectivity index (χ1n) is 10.4. The molecule has 3 aromatic rings. The maximum atomic E-state index is 13.5. The lowest BCUT2D eigenvalue weighted by Crippen LogP contribution is -2.41. The zero-order valence-electron chi connectivity index (χ0n) is 18.4. The fourth-order valence-corrected chi connectivity index (χ4v) is 4.43. The second kappa shape index (κ2) is 9.00. The molecule has 3 aromatic carbocycles. The number of Topliss-reactive ketones (excluding diaryl/α,β-unsaturated/α-hetero) is 1. The highest BCUT2D eigenvalue weighted by atomic mass is 79.9. The molecular formula is C25H21BrN2O6. The monoisotopic (exact) mass is 524 g/mol. The minimum atomic E-state index is -2.12. The van der Waals surface area contributed by atoms with Crippen LogP contribution in [-0.4, -0.2) is 28.8 Å². The van der Waals surface area contributed by atoms with Gasteiger partial charge in [0.15, 0.2) is 17.1 Å². The SMILES string of the molecule is COc1ccc(C(=O)CC2(O)C(=O)N(Cc3ccc(C)cc3)c3ccc(Br)cc32)cc1[N+](=O)[O-]. The van der Waals surface area contributed by atoms with Crippen molar-refractivity contribution in [3.63, 3.8) is 0 Å². The van der Waals surface area contributed by atoms with Crippen LogP contribution in [0.3, 0.4) is 0 Å². The standard InChI is InChI=1S/C25H21BrN2O6/c1-15-3-5-16(6-4-15)14-27-20-9-8-18(26)12-19(20)25(31,24(27)30)13-22(29)17-7-10-23(34-2)21(11-17)28(32)33/h3-12,31H,13-14H2,1-2H3. The lowest BCUT2D eigenvalue weighted by atomic mass is 9.88. The number of methoxy groups -OCH3 is 1. The summed E-state index contributed by atoms with van der Waals surface area (Å²) in [6.45, 7) is 2.18. The van der Waals surface area contributed by atoms with E-state index in [-0.39, 0.29) is 23.5 Å². The molecule has 0 fully saturated rings. The highest BCUT2D eigenvalue weighted by Gasteiger charge is 2.51. The number of carbonyl (C=O) groups excluding carboxylic acids is 2. The number of amides is 1. The van der Waals surface area contributed by atoms with Crippen LogP contribution in [0.25, 0.3) is 0 Å². The largest absolute Gasteiger partial charge is 0.490 e. The Labute approximate surface area is 204 Å². The van der Waals surface area contributed by atoms with Crippen LogP contribution in [0.15, 0.2) is 65.1 Å². The highest BCUT2D eigenvalue weighted by molar-refractivity contribution is 9.10. The summed E-state index contributed by atoms with van der Waals surface area (Å²) >= 11 is 3.37. The van der Waals surface area contributed by atoms with Crippen LogP contribution in [0.2, 0.25) is 0 Å². The molecule has 1 unspecified atom stereocenters. The molecule has 1 heterocycles. The first kappa shape index (κ1) is 23.6. The van der Waals surface area contributed by atoms with Crippen LogP contribution in [0, 0.1) is 17.0 Å². The normalized spacial score (nSPS) is 16.9. The Balaban J connectivity index is 1.70. The number of anilines is 1. The number of hydrogen-bond acceptors (Lipinski definition) is 6. The number of aliphatic hydroxyl groups is 1. The number of benzene rings is 3. The number of ether oxygens (including phenoxy) is 1. The van der Waals surface area contributed by atoms with Gasteiger partial charge in [-0.15, -0.1) is 0 Å². The summed E-state index contributed by atoms with van der Waals surface area (Å²) < 4.78 is 5.62. The second-order valence-corrected chi connectivity index (χ2v) is 9.06. The summed E-state index contributed by atoms with van der Waals surface area (Å²) in [5.74, 6) is -1.22. The van der Waals surface area contributed by atoms with Crippen molar-refractivity contribution in [2.75, 3.05) is 12.0 Å². The lowest BCUT2D eigenvalue weighted by molar-refractivity contribution is -0.385. The Bertz CT molecular complexity index is 1310. The summed E-state index contributed by atoms with van der Waals surface area (Å²) in [6.07, 6.45) is -0.566. The number of fused-ring (bicyclic) bond motifs is 1. The first-order chi connectivity index (χ1) is 16.1. The van der Waals surface area contributed by atoms with E-state index in [1.165, 1.54) is 24.1 Å². The molecule has 8 nitrogen and oxygen atoms in total. The van der Waals surface area contributed by atoms with Crippen molar-refractivity contribution < 1.29 is 24.4 Å². The molecule has 1 aliphatic heterocycles. The molecule has 1 N–H and O–H groups in total. The van der Waals surface area contributed by atoms with E-state index in [0.29, 0.717) is 15.7 Å². The average molecular weight is 525 g/mol. The topological polar surface area (TPSA) is 110 Å². The summed E-state index contributed by atoms with van der Waals surface area (Å²) in [7, 11) is 1.29. The Kier molecular flexibility index (Phi) is 6.24. The smallest absolute Gasteiger partial charge is 0.311 e. The molecule has 34 heavy (non-hydrogen) atoms. The van der Waals surface area contributed by atoms with Gasteiger partial charge in [0.1, 0.15) is 0 Å². The Morgan fingerprint density at radius 3 is 2.50 bits per heavy atom. The van der Waals surface area contributed by atoms with Crippen LogP contribution >= 0.6 is 15.9 Å². The van der Waals surface area contributed by atoms with Gasteiger partial charge >= 0.3 is 5.69 Å². The van der Waals surface area contributed by atoms with Crippen LogP contribution < -0.4 is 9.64 Å². The van der Waals surface area contributed by atoms with Gasteiger partial charge in [0.25, 0.3) is 5.91 Å². The summed E-state index contributed by atoms with van der Waals surface area (Å²) in [4.78, 5) is 38.8. The quantitative estimate of drug-likeness (QED) is 0.273. The molecule has 0 bridgehead atoms. The highest BCUT2D eigenvalue weighted by Crippen LogP contribution is 2.45. The zero-order valence-corrected chi connectivity index (χ0v) is 20.0. The molecule has 0 saturated carbocycles. The van der Waals surface area contributed by atoms with Crippen molar-refractivity contribution in [3.05, 3.63) is 97.5 Å². The molecule has 0 saturated heterocycles. The number of nitro benzene ring substituents is 1. The predicted molar refractivity (Wildman–Crippen MR) is 129 cm³/mol. The van der Waals surface area contributed by atoms with Crippen LogP contribution in [0.5, 0.6) is 5.75 Å². The molecule has 1 aliphatic rings. The minimum Gasteiger partial charge on any atom is -0.490 e. The number of nitro groups is 1. The third-order valence-corrected chi connectivity index (χ3v) is 6.36. The molecule has 174 valence electrons. The molecule has 4 rings (SSSR count). The third kappa shape index (κ3) is 4.20. The molecule has 1 atom stereocenters. The second-order valence-electron chi connectivity index (χ2n) is 8.14. The molecule has 0 radical (unpaired) electrons. The summed E-state index contributed by atoms with van der Waals surface area (Å²) in [5.41, 5.74) is 0.269. The number of halogens is 1. The van der Waals surface area contributed by atoms with Crippen molar-refractivity contribution in [1.82, 2.24) is 0 Å². The third-order valence-electron chi connectivity index (χ3n) is 5.87. The van der Waals surface area contributed by atoms with Crippen molar-refractivity contribution >= 4 is 39.0 Å². The van der Waals surface area contributed by atoms with Gasteiger partial charge in [-0.25, -0.2) is 0 Å². The number of rotatable bonds is 7.